The first kappa shape index (κ1) is 12.9. The van der Waals surface area contributed by atoms with Gasteiger partial charge in [0.1, 0.15) is 0 Å². The van der Waals surface area contributed by atoms with Gasteiger partial charge in [0.2, 0.25) is 5.91 Å². The predicted molar refractivity (Wildman–Crippen MR) is 81.2 cm³/mol. The maximum Gasteiger partial charge on any atom is 0.256 e. The second-order valence-electron chi connectivity index (χ2n) is 4.64. The lowest BCUT2D eigenvalue weighted by molar-refractivity contribution is 0.0998. The number of benzene rings is 2. The predicted octanol–water partition coefficient (Wildman–Crippen LogP) is 2.52. The number of amides is 2. The lowest BCUT2D eigenvalue weighted by atomic mass is 10.1. The van der Waals surface area contributed by atoms with E-state index in [4.69, 9.17) is 5.73 Å². The van der Waals surface area contributed by atoms with Crippen LogP contribution >= 0.6 is 0 Å². The van der Waals surface area contributed by atoms with E-state index in [-0.39, 0.29) is 5.91 Å². The van der Waals surface area contributed by atoms with Gasteiger partial charge in [0.25, 0.3) is 5.91 Å². The molecule has 0 saturated carbocycles. The van der Waals surface area contributed by atoms with Crippen LogP contribution in [0.25, 0.3) is 10.9 Å². The summed E-state index contributed by atoms with van der Waals surface area (Å²) in [5, 5.41) is 3.67. The van der Waals surface area contributed by atoms with Gasteiger partial charge in [-0.1, -0.05) is 6.07 Å². The van der Waals surface area contributed by atoms with Crippen LogP contribution in [-0.4, -0.2) is 16.8 Å². The number of hydrogen-bond acceptors (Lipinski definition) is 2. The molecule has 0 unspecified atom stereocenters. The maximum absolute atomic E-state index is 12.3. The summed E-state index contributed by atoms with van der Waals surface area (Å²) >= 11 is 0. The molecule has 2 aromatic carbocycles. The van der Waals surface area contributed by atoms with Crippen LogP contribution in [0.5, 0.6) is 0 Å². The summed E-state index contributed by atoms with van der Waals surface area (Å²) in [6.45, 7) is 0. The molecule has 0 aliphatic heterocycles. The van der Waals surface area contributed by atoms with Crippen LogP contribution in [-0.2, 0) is 0 Å². The summed E-state index contributed by atoms with van der Waals surface area (Å²) in [6, 6.07) is 13.8. The van der Waals surface area contributed by atoms with E-state index in [1.165, 1.54) is 0 Å². The zero-order valence-corrected chi connectivity index (χ0v) is 11.1. The van der Waals surface area contributed by atoms with Crippen molar-refractivity contribution in [2.75, 3.05) is 5.32 Å². The van der Waals surface area contributed by atoms with Crippen molar-refractivity contribution in [3.63, 3.8) is 0 Å². The van der Waals surface area contributed by atoms with Crippen LogP contribution in [0.2, 0.25) is 0 Å². The third-order valence-corrected chi connectivity index (χ3v) is 3.27. The number of hydrogen-bond donors (Lipinski definition) is 3. The molecule has 5 nitrogen and oxygen atoms in total. The van der Waals surface area contributed by atoms with Crippen LogP contribution in [0.4, 0.5) is 5.69 Å². The lowest BCUT2D eigenvalue weighted by Gasteiger charge is -2.07. The molecule has 104 valence electrons. The van der Waals surface area contributed by atoms with Crippen molar-refractivity contribution in [1.82, 2.24) is 4.98 Å². The summed E-state index contributed by atoms with van der Waals surface area (Å²) in [4.78, 5) is 26.4. The molecule has 21 heavy (non-hydrogen) atoms. The van der Waals surface area contributed by atoms with Crippen molar-refractivity contribution in [2.24, 2.45) is 5.73 Å². The van der Waals surface area contributed by atoms with Crippen LogP contribution in [0.15, 0.2) is 54.7 Å². The van der Waals surface area contributed by atoms with Gasteiger partial charge in [0.15, 0.2) is 0 Å². The highest BCUT2D eigenvalue weighted by Crippen LogP contribution is 2.19. The molecule has 3 aromatic rings. The van der Waals surface area contributed by atoms with Gasteiger partial charge >= 0.3 is 0 Å². The van der Waals surface area contributed by atoms with Crippen LogP contribution in [0.1, 0.15) is 20.7 Å². The second kappa shape index (κ2) is 5.13. The molecule has 0 bridgehead atoms. The number of nitrogens with one attached hydrogen (secondary N) is 2. The second-order valence-corrected chi connectivity index (χ2v) is 4.64. The molecular formula is C16H13N3O2. The fourth-order valence-corrected chi connectivity index (χ4v) is 2.20. The number of fused-ring (bicyclic) bond motifs is 1. The van der Waals surface area contributed by atoms with E-state index in [9.17, 15) is 9.59 Å². The Labute approximate surface area is 120 Å². The SMILES string of the molecule is NC(=O)c1ccc(NC(=O)c2cccc3[nH]ccc23)cc1. The maximum atomic E-state index is 12.3. The highest BCUT2D eigenvalue weighted by molar-refractivity contribution is 6.12. The van der Waals surface area contributed by atoms with E-state index in [1.54, 1.807) is 36.5 Å². The van der Waals surface area contributed by atoms with Gasteiger partial charge in [0.05, 0.1) is 0 Å². The summed E-state index contributed by atoms with van der Waals surface area (Å²) in [5.74, 6) is -0.697. The molecule has 0 aliphatic carbocycles. The third-order valence-electron chi connectivity index (χ3n) is 3.27. The van der Waals surface area contributed by atoms with E-state index < -0.39 is 5.91 Å². The first-order valence-electron chi connectivity index (χ1n) is 6.42. The first-order chi connectivity index (χ1) is 10.1. The minimum Gasteiger partial charge on any atom is -0.366 e. The Kier molecular flexibility index (Phi) is 3.16. The van der Waals surface area contributed by atoms with Crippen LogP contribution in [0.3, 0.4) is 0 Å². The van der Waals surface area contributed by atoms with Crippen molar-refractivity contribution >= 4 is 28.4 Å². The molecule has 0 spiro atoms. The molecule has 2 amide bonds. The molecule has 1 aromatic heterocycles. The minimum atomic E-state index is -0.495. The van der Waals surface area contributed by atoms with Gasteiger partial charge in [-0.2, -0.15) is 0 Å². The molecule has 0 aliphatic rings. The normalized spacial score (nSPS) is 10.5. The van der Waals surface area contributed by atoms with Crippen molar-refractivity contribution in [3.05, 3.63) is 65.9 Å². The Morgan fingerprint density at radius 3 is 2.48 bits per heavy atom. The number of anilines is 1. The Morgan fingerprint density at radius 2 is 1.76 bits per heavy atom. The van der Waals surface area contributed by atoms with Crippen molar-refractivity contribution in [2.45, 2.75) is 0 Å². The van der Waals surface area contributed by atoms with Gasteiger partial charge in [0, 0.05) is 33.9 Å². The number of carbonyl (C=O) groups is 2. The van der Waals surface area contributed by atoms with Crippen LogP contribution < -0.4 is 11.1 Å². The molecule has 0 radical (unpaired) electrons. The van der Waals surface area contributed by atoms with Crippen molar-refractivity contribution in [3.8, 4) is 0 Å². The average molecular weight is 279 g/mol. The largest absolute Gasteiger partial charge is 0.366 e. The fraction of sp³-hybridized carbons (Fsp3) is 0. The molecule has 0 fully saturated rings. The van der Waals surface area contributed by atoms with Gasteiger partial charge in [-0.3, -0.25) is 9.59 Å². The molecule has 0 atom stereocenters. The number of primary amides is 1. The summed E-state index contributed by atoms with van der Waals surface area (Å²) in [6.07, 6.45) is 1.79. The average Bonchev–Trinajstić information content (AvgIpc) is 2.96. The van der Waals surface area contributed by atoms with Crippen molar-refractivity contribution in [1.29, 1.82) is 0 Å². The number of carbonyl (C=O) groups excluding carboxylic acids is 2. The molecule has 5 heteroatoms. The fourth-order valence-electron chi connectivity index (χ4n) is 2.20. The Morgan fingerprint density at radius 1 is 1.00 bits per heavy atom. The lowest BCUT2D eigenvalue weighted by Crippen LogP contribution is -2.13. The highest BCUT2D eigenvalue weighted by Gasteiger charge is 2.10. The monoisotopic (exact) mass is 279 g/mol. The van der Waals surface area contributed by atoms with Gasteiger partial charge in [-0.15, -0.1) is 0 Å². The third kappa shape index (κ3) is 2.49. The number of H-pyrrole nitrogens is 1. The zero-order valence-electron chi connectivity index (χ0n) is 11.1. The number of aromatic amines is 1. The van der Waals surface area contributed by atoms with Gasteiger partial charge in [-0.05, 0) is 42.5 Å². The van der Waals surface area contributed by atoms with E-state index in [1.807, 2.05) is 18.2 Å². The molecule has 4 N–H and O–H groups in total. The summed E-state index contributed by atoms with van der Waals surface area (Å²) in [5.41, 5.74) is 7.69. The molecule has 3 rings (SSSR count). The smallest absolute Gasteiger partial charge is 0.256 e. The quantitative estimate of drug-likeness (QED) is 0.687. The summed E-state index contributed by atoms with van der Waals surface area (Å²) < 4.78 is 0. The van der Waals surface area contributed by atoms with E-state index in [0.717, 1.165) is 10.9 Å². The topological polar surface area (TPSA) is 88.0 Å². The number of aromatic nitrogens is 1. The Hall–Kier alpha value is -3.08. The van der Waals surface area contributed by atoms with E-state index in [2.05, 4.69) is 10.3 Å². The first-order valence-corrected chi connectivity index (χ1v) is 6.42. The molecule has 0 saturated heterocycles. The number of rotatable bonds is 3. The minimum absolute atomic E-state index is 0.202. The molecule has 1 heterocycles. The van der Waals surface area contributed by atoms with Crippen LogP contribution in [0, 0.1) is 0 Å². The molecular weight excluding hydrogens is 266 g/mol. The highest BCUT2D eigenvalue weighted by atomic mass is 16.2. The Balaban J connectivity index is 1.86. The number of nitrogens with two attached hydrogens (primary N) is 1. The van der Waals surface area contributed by atoms with Gasteiger partial charge in [-0.25, -0.2) is 0 Å². The van der Waals surface area contributed by atoms with E-state index >= 15 is 0 Å². The summed E-state index contributed by atoms with van der Waals surface area (Å²) in [7, 11) is 0. The van der Waals surface area contributed by atoms with Crippen molar-refractivity contribution < 1.29 is 9.59 Å². The Bertz CT molecular complexity index is 819. The van der Waals surface area contributed by atoms with E-state index in [0.29, 0.717) is 16.8 Å². The zero-order chi connectivity index (χ0) is 14.8. The van der Waals surface area contributed by atoms with Gasteiger partial charge < -0.3 is 16.0 Å². The standard InChI is InChI=1S/C16H13N3O2/c17-15(20)10-4-6-11(7-5-10)19-16(21)13-2-1-3-14-12(13)8-9-18-14/h1-9,18H,(H2,17,20)(H,19,21).